The van der Waals surface area contributed by atoms with Crippen LogP contribution < -0.4 is 11.1 Å². The van der Waals surface area contributed by atoms with Crippen LogP contribution in [0, 0.1) is 5.82 Å². The van der Waals surface area contributed by atoms with Gasteiger partial charge in [0.15, 0.2) is 5.16 Å². The predicted molar refractivity (Wildman–Crippen MR) is 76.8 cm³/mol. The van der Waals surface area contributed by atoms with Gasteiger partial charge in [-0.15, -0.1) is 0 Å². The molecule has 0 amide bonds. The molecule has 0 spiro atoms. The summed E-state index contributed by atoms with van der Waals surface area (Å²) in [5, 5.41) is 3.74. The Morgan fingerprint density at radius 2 is 2.11 bits per heavy atom. The summed E-state index contributed by atoms with van der Waals surface area (Å²) in [6.45, 7) is 0.588. The zero-order valence-electron chi connectivity index (χ0n) is 10.6. The fraction of sp³-hybridized carbons (Fsp3) is 0.231. The molecule has 100 valence electrons. The number of anilines is 2. The van der Waals surface area contributed by atoms with E-state index >= 15 is 0 Å². The summed E-state index contributed by atoms with van der Waals surface area (Å²) in [6, 6.07) is 8.42. The maximum atomic E-state index is 13.4. The van der Waals surface area contributed by atoms with E-state index in [9.17, 15) is 4.39 Å². The third-order valence-electron chi connectivity index (χ3n) is 2.57. The van der Waals surface area contributed by atoms with E-state index in [1.165, 1.54) is 17.8 Å². The smallest absolute Gasteiger partial charge is 0.191 e. The molecule has 0 aliphatic carbocycles. The maximum absolute atomic E-state index is 13.4. The van der Waals surface area contributed by atoms with Crippen molar-refractivity contribution in [3.8, 4) is 0 Å². The van der Waals surface area contributed by atoms with Crippen molar-refractivity contribution in [2.24, 2.45) is 0 Å². The molecule has 4 nitrogen and oxygen atoms in total. The average Bonchev–Trinajstić information content (AvgIpc) is 2.40. The van der Waals surface area contributed by atoms with Crippen LogP contribution in [0.1, 0.15) is 5.56 Å². The number of nitrogens with two attached hydrogens (primary N) is 1. The fourth-order valence-corrected chi connectivity index (χ4v) is 2.04. The van der Waals surface area contributed by atoms with Crippen LogP contribution in [0.3, 0.4) is 0 Å². The third-order valence-corrected chi connectivity index (χ3v) is 3.11. The molecule has 0 saturated carbocycles. The quantitative estimate of drug-likeness (QED) is 0.650. The molecule has 6 heteroatoms. The molecule has 1 aromatic heterocycles. The van der Waals surface area contributed by atoms with E-state index < -0.39 is 0 Å². The highest BCUT2D eigenvalue weighted by molar-refractivity contribution is 7.98. The monoisotopic (exact) mass is 278 g/mol. The standard InChI is InChI=1S/C13H15FN4S/c1-19-13-17-11(15)8-12(18-13)16-7-6-9-4-2-3-5-10(9)14/h2-5,8H,6-7H2,1H3,(H3,15,16,17,18). The topological polar surface area (TPSA) is 63.8 Å². The predicted octanol–water partition coefficient (Wildman–Crippen LogP) is 2.57. The van der Waals surface area contributed by atoms with Crippen LogP contribution in [0.25, 0.3) is 0 Å². The average molecular weight is 278 g/mol. The minimum atomic E-state index is -0.184. The summed E-state index contributed by atoms with van der Waals surface area (Å²) < 4.78 is 13.4. The number of halogens is 1. The van der Waals surface area contributed by atoms with E-state index in [0.717, 1.165) is 0 Å². The van der Waals surface area contributed by atoms with Gasteiger partial charge in [-0.1, -0.05) is 30.0 Å². The van der Waals surface area contributed by atoms with Crippen molar-refractivity contribution in [2.75, 3.05) is 23.9 Å². The summed E-state index contributed by atoms with van der Waals surface area (Å²) in [5.74, 6) is 0.900. The van der Waals surface area contributed by atoms with Crippen molar-refractivity contribution in [1.29, 1.82) is 0 Å². The lowest BCUT2D eigenvalue weighted by atomic mass is 10.1. The van der Waals surface area contributed by atoms with Crippen LogP contribution in [-0.4, -0.2) is 22.8 Å². The highest BCUT2D eigenvalue weighted by Gasteiger charge is 2.03. The Balaban J connectivity index is 1.96. The summed E-state index contributed by atoms with van der Waals surface area (Å²) in [4.78, 5) is 8.33. The van der Waals surface area contributed by atoms with Gasteiger partial charge >= 0.3 is 0 Å². The summed E-state index contributed by atoms with van der Waals surface area (Å²) in [6.07, 6.45) is 2.48. The van der Waals surface area contributed by atoms with Crippen molar-refractivity contribution in [2.45, 2.75) is 11.6 Å². The molecule has 0 saturated heterocycles. The lowest BCUT2D eigenvalue weighted by Gasteiger charge is -2.08. The second-order valence-electron chi connectivity index (χ2n) is 3.93. The Morgan fingerprint density at radius 1 is 1.32 bits per heavy atom. The lowest BCUT2D eigenvalue weighted by Crippen LogP contribution is -2.09. The molecule has 0 unspecified atom stereocenters. The van der Waals surface area contributed by atoms with Crippen molar-refractivity contribution >= 4 is 23.4 Å². The Labute approximate surface area is 115 Å². The first kappa shape index (κ1) is 13.6. The SMILES string of the molecule is CSc1nc(N)cc(NCCc2ccccc2F)n1. The fourth-order valence-electron chi connectivity index (χ4n) is 1.65. The van der Waals surface area contributed by atoms with Gasteiger partial charge in [0.25, 0.3) is 0 Å². The van der Waals surface area contributed by atoms with Crippen LogP contribution >= 0.6 is 11.8 Å². The van der Waals surface area contributed by atoms with Gasteiger partial charge in [0.05, 0.1) is 0 Å². The molecule has 0 aliphatic rings. The van der Waals surface area contributed by atoms with Gasteiger partial charge in [0.1, 0.15) is 17.5 Å². The molecule has 3 N–H and O–H groups in total. The van der Waals surface area contributed by atoms with Crippen molar-refractivity contribution < 1.29 is 4.39 Å². The molecule has 1 heterocycles. The zero-order valence-corrected chi connectivity index (χ0v) is 11.4. The molecule has 0 bridgehead atoms. The van der Waals surface area contributed by atoms with E-state index in [2.05, 4.69) is 15.3 Å². The first-order valence-corrected chi connectivity index (χ1v) is 7.07. The second kappa shape index (κ2) is 6.38. The molecule has 2 rings (SSSR count). The number of hydrogen-bond acceptors (Lipinski definition) is 5. The van der Waals surface area contributed by atoms with Crippen LogP contribution in [0.2, 0.25) is 0 Å². The van der Waals surface area contributed by atoms with E-state index in [-0.39, 0.29) is 5.82 Å². The first-order chi connectivity index (χ1) is 9.19. The zero-order chi connectivity index (χ0) is 13.7. The molecule has 0 fully saturated rings. The number of benzene rings is 1. The largest absolute Gasteiger partial charge is 0.383 e. The minimum absolute atomic E-state index is 0.184. The van der Waals surface area contributed by atoms with E-state index in [1.54, 1.807) is 18.2 Å². The molecule has 2 aromatic rings. The summed E-state index contributed by atoms with van der Waals surface area (Å²) >= 11 is 1.43. The van der Waals surface area contributed by atoms with E-state index in [4.69, 9.17) is 5.73 Å². The van der Waals surface area contributed by atoms with Gasteiger partial charge in [-0.2, -0.15) is 0 Å². The van der Waals surface area contributed by atoms with Gasteiger partial charge in [-0.05, 0) is 24.3 Å². The highest BCUT2D eigenvalue weighted by Crippen LogP contribution is 2.15. The van der Waals surface area contributed by atoms with Crippen LogP contribution in [0.4, 0.5) is 16.0 Å². The molecule has 0 aliphatic heterocycles. The van der Waals surface area contributed by atoms with Gasteiger partial charge in [-0.3, -0.25) is 0 Å². The Bertz CT molecular complexity index is 562. The normalized spacial score (nSPS) is 10.4. The van der Waals surface area contributed by atoms with E-state index in [1.807, 2.05) is 12.3 Å². The Morgan fingerprint density at radius 3 is 2.84 bits per heavy atom. The van der Waals surface area contributed by atoms with Gasteiger partial charge in [0.2, 0.25) is 0 Å². The molecular formula is C13H15FN4S. The molecule has 0 atom stereocenters. The summed E-state index contributed by atoms with van der Waals surface area (Å²) in [7, 11) is 0. The number of nitrogens with one attached hydrogen (secondary N) is 1. The van der Waals surface area contributed by atoms with Crippen LogP contribution in [0.5, 0.6) is 0 Å². The van der Waals surface area contributed by atoms with Gasteiger partial charge in [0, 0.05) is 12.6 Å². The number of rotatable bonds is 5. The first-order valence-electron chi connectivity index (χ1n) is 5.85. The summed E-state index contributed by atoms with van der Waals surface area (Å²) in [5.41, 5.74) is 6.36. The van der Waals surface area contributed by atoms with Gasteiger partial charge in [-0.25, -0.2) is 14.4 Å². The molecule has 0 radical (unpaired) electrons. The highest BCUT2D eigenvalue weighted by atomic mass is 32.2. The van der Waals surface area contributed by atoms with Crippen molar-refractivity contribution in [3.05, 3.63) is 41.7 Å². The number of nitrogens with zero attached hydrogens (tertiary/aromatic N) is 2. The third kappa shape index (κ3) is 3.82. The molecule has 1 aromatic carbocycles. The lowest BCUT2D eigenvalue weighted by molar-refractivity contribution is 0.610. The Kier molecular flexibility index (Phi) is 4.57. The number of hydrogen-bond donors (Lipinski definition) is 2. The van der Waals surface area contributed by atoms with Crippen LogP contribution in [-0.2, 0) is 6.42 Å². The second-order valence-corrected chi connectivity index (χ2v) is 4.71. The van der Waals surface area contributed by atoms with Crippen LogP contribution in [0.15, 0.2) is 35.5 Å². The van der Waals surface area contributed by atoms with E-state index in [0.29, 0.717) is 35.3 Å². The number of aromatic nitrogens is 2. The van der Waals surface area contributed by atoms with Crippen molar-refractivity contribution in [1.82, 2.24) is 9.97 Å². The molecular weight excluding hydrogens is 263 g/mol. The maximum Gasteiger partial charge on any atom is 0.191 e. The Hall–Kier alpha value is -1.82. The number of thioether (sulfide) groups is 1. The minimum Gasteiger partial charge on any atom is -0.383 e. The molecule has 19 heavy (non-hydrogen) atoms. The number of nitrogen functional groups attached to an aromatic ring is 1. The van der Waals surface area contributed by atoms with Gasteiger partial charge < -0.3 is 11.1 Å². The van der Waals surface area contributed by atoms with Crippen molar-refractivity contribution in [3.63, 3.8) is 0 Å².